The fourth-order valence-electron chi connectivity index (χ4n) is 1.79. The molecule has 0 saturated heterocycles. The number of halogens is 1. The monoisotopic (exact) mass is 299 g/mol. The van der Waals surface area contributed by atoms with Crippen molar-refractivity contribution in [2.24, 2.45) is 0 Å². The number of benzene rings is 1. The van der Waals surface area contributed by atoms with Gasteiger partial charge in [-0.15, -0.1) is 0 Å². The summed E-state index contributed by atoms with van der Waals surface area (Å²) in [6.07, 6.45) is 0. The molecule has 1 aromatic carbocycles. The van der Waals surface area contributed by atoms with Crippen LogP contribution in [0.5, 0.6) is 0 Å². The van der Waals surface area contributed by atoms with E-state index < -0.39 is 15.8 Å². The number of furan rings is 1. The van der Waals surface area contributed by atoms with Crippen molar-refractivity contribution < 1.29 is 22.3 Å². The summed E-state index contributed by atoms with van der Waals surface area (Å²) in [5, 5.41) is 8.95. The van der Waals surface area contributed by atoms with E-state index in [9.17, 15) is 12.8 Å². The fourth-order valence-corrected chi connectivity index (χ4v) is 3.04. The highest BCUT2D eigenvalue weighted by molar-refractivity contribution is 7.92. The Kier molecular flexibility index (Phi) is 3.82. The molecule has 0 aliphatic heterocycles. The maximum atomic E-state index is 13.1. The number of hydrogen-bond acceptors (Lipinski definition) is 4. The van der Waals surface area contributed by atoms with Crippen LogP contribution < -0.4 is 4.72 Å². The minimum atomic E-state index is -3.84. The van der Waals surface area contributed by atoms with E-state index in [4.69, 9.17) is 9.52 Å². The molecular formula is C13H14FNO4S. The van der Waals surface area contributed by atoms with E-state index in [-0.39, 0.29) is 28.7 Å². The van der Waals surface area contributed by atoms with Gasteiger partial charge in [0, 0.05) is 11.8 Å². The zero-order valence-corrected chi connectivity index (χ0v) is 11.8. The predicted molar refractivity (Wildman–Crippen MR) is 71.3 cm³/mol. The molecule has 0 amide bonds. The molecular weight excluding hydrogens is 285 g/mol. The first kappa shape index (κ1) is 14.5. The van der Waals surface area contributed by atoms with Gasteiger partial charge in [-0.3, -0.25) is 4.72 Å². The van der Waals surface area contributed by atoms with Crippen molar-refractivity contribution in [2.75, 3.05) is 4.72 Å². The molecule has 0 fully saturated rings. The van der Waals surface area contributed by atoms with Gasteiger partial charge >= 0.3 is 0 Å². The lowest BCUT2D eigenvalue weighted by atomic mass is 10.2. The van der Waals surface area contributed by atoms with E-state index in [1.807, 2.05) is 0 Å². The van der Waals surface area contributed by atoms with Gasteiger partial charge in [0.05, 0.1) is 0 Å². The first-order valence-corrected chi connectivity index (χ1v) is 7.31. The van der Waals surface area contributed by atoms with Crippen LogP contribution in [0.1, 0.15) is 17.1 Å². The molecule has 0 atom stereocenters. The molecule has 108 valence electrons. The first-order chi connectivity index (χ1) is 9.33. The van der Waals surface area contributed by atoms with Crippen LogP contribution in [-0.4, -0.2) is 13.5 Å². The Bertz CT molecular complexity index is 737. The van der Waals surface area contributed by atoms with Crippen LogP contribution in [0.15, 0.2) is 33.6 Å². The maximum Gasteiger partial charge on any atom is 0.265 e. The van der Waals surface area contributed by atoms with Crippen molar-refractivity contribution in [1.29, 1.82) is 0 Å². The minimum absolute atomic E-state index is 0.0523. The Labute approximate surface area is 116 Å². The van der Waals surface area contributed by atoms with Crippen LogP contribution >= 0.6 is 0 Å². The molecule has 1 aromatic heterocycles. The molecule has 0 unspecified atom stereocenters. The van der Waals surface area contributed by atoms with Gasteiger partial charge in [0.1, 0.15) is 28.8 Å². The van der Waals surface area contributed by atoms with E-state index >= 15 is 0 Å². The van der Waals surface area contributed by atoms with Crippen molar-refractivity contribution in [2.45, 2.75) is 25.3 Å². The third kappa shape index (κ3) is 2.83. The van der Waals surface area contributed by atoms with Gasteiger partial charge in [0.25, 0.3) is 10.0 Å². The molecule has 5 nitrogen and oxygen atoms in total. The van der Waals surface area contributed by atoms with Crippen molar-refractivity contribution in [1.82, 2.24) is 0 Å². The standard InChI is InChI=1S/C13H14FNO4S/c1-8-5-10(3-4-12(8)14)15-20(17,18)13-6-11(7-16)19-9(13)2/h3-6,15-16H,7H2,1-2H3. The maximum absolute atomic E-state index is 13.1. The fraction of sp³-hybridized carbons (Fsp3) is 0.231. The lowest BCUT2D eigenvalue weighted by molar-refractivity contribution is 0.245. The van der Waals surface area contributed by atoms with Gasteiger partial charge in [-0.25, -0.2) is 12.8 Å². The van der Waals surface area contributed by atoms with Crippen LogP contribution in [-0.2, 0) is 16.6 Å². The largest absolute Gasteiger partial charge is 0.462 e. The average molecular weight is 299 g/mol. The highest BCUT2D eigenvalue weighted by atomic mass is 32.2. The SMILES string of the molecule is Cc1cc(NS(=O)(=O)c2cc(CO)oc2C)ccc1F. The van der Waals surface area contributed by atoms with E-state index in [0.29, 0.717) is 5.56 Å². The lowest BCUT2D eigenvalue weighted by Crippen LogP contribution is -2.13. The van der Waals surface area contributed by atoms with Crippen molar-refractivity contribution >= 4 is 15.7 Å². The summed E-state index contributed by atoms with van der Waals surface area (Å²) >= 11 is 0. The second-order valence-corrected chi connectivity index (χ2v) is 6.01. The van der Waals surface area contributed by atoms with Crippen molar-refractivity contribution in [3.63, 3.8) is 0 Å². The van der Waals surface area contributed by atoms with E-state index in [2.05, 4.69) is 4.72 Å². The minimum Gasteiger partial charge on any atom is -0.462 e. The molecule has 0 bridgehead atoms. The van der Waals surface area contributed by atoms with Crippen LogP contribution in [0.4, 0.5) is 10.1 Å². The van der Waals surface area contributed by atoms with Gasteiger partial charge in [0.2, 0.25) is 0 Å². The predicted octanol–water partition coefficient (Wildman–Crippen LogP) is 2.33. The summed E-state index contributed by atoms with van der Waals surface area (Å²) in [4.78, 5) is -0.0523. The summed E-state index contributed by atoms with van der Waals surface area (Å²) in [6.45, 7) is 2.65. The molecule has 0 radical (unpaired) electrons. The number of sulfonamides is 1. The summed E-state index contributed by atoms with van der Waals surface area (Å²) in [6, 6.07) is 5.18. The number of anilines is 1. The number of rotatable bonds is 4. The van der Waals surface area contributed by atoms with Crippen molar-refractivity contribution in [3.05, 3.63) is 47.2 Å². The number of aliphatic hydroxyl groups is 1. The van der Waals surface area contributed by atoms with Gasteiger partial charge in [-0.05, 0) is 37.6 Å². The normalized spacial score (nSPS) is 11.6. The molecule has 2 N–H and O–H groups in total. The molecule has 0 spiro atoms. The van der Waals surface area contributed by atoms with Gasteiger partial charge in [0.15, 0.2) is 0 Å². The third-order valence-corrected chi connectivity index (χ3v) is 4.27. The second-order valence-electron chi connectivity index (χ2n) is 4.36. The van der Waals surface area contributed by atoms with Crippen LogP contribution in [0.2, 0.25) is 0 Å². The molecule has 0 saturated carbocycles. The summed E-state index contributed by atoms with van der Waals surface area (Å²) in [5.41, 5.74) is 0.597. The van der Waals surface area contributed by atoms with Gasteiger partial charge in [-0.2, -0.15) is 0 Å². The Hall–Kier alpha value is -1.86. The molecule has 0 aliphatic carbocycles. The zero-order chi connectivity index (χ0) is 14.9. The van der Waals surface area contributed by atoms with E-state index in [1.54, 1.807) is 6.92 Å². The summed E-state index contributed by atoms with van der Waals surface area (Å²) in [5.74, 6) is -0.0615. The first-order valence-electron chi connectivity index (χ1n) is 5.82. The molecule has 0 aliphatic rings. The van der Waals surface area contributed by atoms with E-state index in [0.717, 1.165) is 0 Å². The van der Waals surface area contributed by atoms with E-state index in [1.165, 1.54) is 31.2 Å². The Balaban J connectivity index is 2.35. The number of aliphatic hydroxyl groups excluding tert-OH is 1. The highest BCUT2D eigenvalue weighted by Crippen LogP contribution is 2.23. The topological polar surface area (TPSA) is 79.5 Å². The third-order valence-electron chi connectivity index (χ3n) is 2.78. The molecule has 2 rings (SSSR count). The number of aryl methyl sites for hydroxylation is 2. The smallest absolute Gasteiger partial charge is 0.265 e. The Morgan fingerprint density at radius 2 is 2.00 bits per heavy atom. The average Bonchev–Trinajstić information content (AvgIpc) is 2.76. The van der Waals surface area contributed by atoms with Crippen molar-refractivity contribution in [3.8, 4) is 0 Å². The summed E-state index contributed by atoms with van der Waals surface area (Å²) < 4.78 is 45.0. The Morgan fingerprint density at radius 1 is 1.30 bits per heavy atom. The zero-order valence-electron chi connectivity index (χ0n) is 11.0. The highest BCUT2D eigenvalue weighted by Gasteiger charge is 2.21. The van der Waals surface area contributed by atoms with Crippen LogP contribution in [0.25, 0.3) is 0 Å². The number of nitrogens with one attached hydrogen (secondary N) is 1. The molecule has 20 heavy (non-hydrogen) atoms. The Morgan fingerprint density at radius 3 is 2.55 bits per heavy atom. The lowest BCUT2D eigenvalue weighted by Gasteiger charge is -2.08. The second kappa shape index (κ2) is 5.26. The molecule has 7 heteroatoms. The molecule has 1 heterocycles. The summed E-state index contributed by atoms with van der Waals surface area (Å²) in [7, 11) is -3.84. The van der Waals surface area contributed by atoms with Gasteiger partial charge < -0.3 is 9.52 Å². The van der Waals surface area contributed by atoms with Crippen LogP contribution in [0.3, 0.4) is 0 Å². The van der Waals surface area contributed by atoms with Gasteiger partial charge in [-0.1, -0.05) is 0 Å². The number of hydrogen-bond donors (Lipinski definition) is 2. The molecule has 2 aromatic rings. The quantitative estimate of drug-likeness (QED) is 0.908. The van der Waals surface area contributed by atoms with Crippen LogP contribution in [0, 0.1) is 19.7 Å².